The molecular weight excluding hydrogens is 118 g/mol. The summed E-state index contributed by atoms with van der Waals surface area (Å²) in [5.41, 5.74) is 4.83. The van der Waals surface area contributed by atoms with Gasteiger partial charge in [0.2, 0.25) is 5.91 Å². The predicted molar refractivity (Wildman–Crippen MR) is 31.3 cm³/mol. The van der Waals surface area contributed by atoms with Crippen LogP contribution in [0, 0.1) is 6.42 Å². The Labute approximate surface area is 52.5 Å². The molecule has 0 aliphatic rings. The second kappa shape index (κ2) is 2.35. The smallest absolute Gasteiger partial charge is 0.229 e. The van der Waals surface area contributed by atoms with Crippen LogP contribution in [0.2, 0.25) is 0 Å². The molecule has 1 aromatic rings. The fraction of sp³-hybridized carbons (Fsp3) is 0. The molecule has 0 fully saturated rings. The van der Waals surface area contributed by atoms with E-state index in [2.05, 4.69) is 0 Å². The van der Waals surface area contributed by atoms with E-state index < -0.39 is 5.91 Å². The Morgan fingerprint density at radius 1 is 1.78 bits per heavy atom. The summed E-state index contributed by atoms with van der Waals surface area (Å²) in [6.45, 7) is 0. The minimum absolute atomic E-state index is 0.488. The van der Waals surface area contributed by atoms with Crippen LogP contribution in [0.1, 0.15) is 5.76 Å². The number of hydrogen-bond acceptors (Lipinski definition) is 2. The zero-order chi connectivity index (χ0) is 6.69. The van der Waals surface area contributed by atoms with Gasteiger partial charge in [-0.05, 0) is 12.1 Å². The van der Waals surface area contributed by atoms with Crippen LogP contribution < -0.4 is 5.73 Å². The van der Waals surface area contributed by atoms with Crippen molar-refractivity contribution >= 4 is 5.91 Å². The van der Waals surface area contributed by atoms with Gasteiger partial charge in [-0.2, -0.15) is 0 Å². The van der Waals surface area contributed by atoms with Crippen LogP contribution >= 0.6 is 0 Å². The number of primary amides is 1. The zero-order valence-corrected chi connectivity index (χ0v) is 4.70. The van der Waals surface area contributed by atoms with E-state index in [1.54, 1.807) is 12.1 Å². The van der Waals surface area contributed by atoms with E-state index in [4.69, 9.17) is 10.2 Å². The first-order chi connectivity index (χ1) is 4.29. The summed E-state index contributed by atoms with van der Waals surface area (Å²) in [6, 6.07) is 3.35. The number of amides is 1. The van der Waals surface area contributed by atoms with Gasteiger partial charge >= 0.3 is 0 Å². The lowest BCUT2D eigenvalue weighted by Crippen LogP contribution is -2.10. The second-order valence-electron chi connectivity index (χ2n) is 1.56. The van der Waals surface area contributed by atoms with Crippen molar-refractivity contribution in [2.75, 3.05) is 0 Å². The van der Waals surface area contributed by atoms with Gasteiger partial charge in [-0.15, -0.1) is 0 Å². The van der Waals surface area contributed by atoms with Crippen molar-refractivity contribution < 1.29 is 9.21 Å². The normalized spacial score (nSPS) is 9.33. The Bertz CT molecular complexity index is 191. The number of carbonyl (C=O) groups is 1. The standard InChI is InChI=1S/C6H6NO2/c7-6(8)4-5-2-1-3-9-5/h1-4H,(H2,7,8). The second-order valence-corrected chi connectivity index (χ2v) is 1.56. The largest absolute Gasteiger partial charge is 0.468 e. The summed E-state index contributed by atoms with van der Waals surface area (Å²) < 4.78 is 4.79. The van der Waals surface area contributed by atoms with Crippen molar-refractivity contribution in [1.82, 2.24) is 0 Å². The quantitative estimate of drug-likeness (QED) is 0.617. The Hall–Kier alpha value is -1.25. The third-order valence-electron chi connectivity index (χ3n) is 0.828. The van der Waals surface area contributed by atoms with E-state index in [9.17, 15) is 4.79 Å². The van der Waals surface area contributed by atoms with Crippen LogP contribution in [-0.2, 0) is 4.79 Å². The first-order valence-electron chi connectivity index (χ1n) is 2.47. The lowest BCUT2D eigenvalue weighted by atomic mass is 10.3. The molecule has 1 radical (unpaired) electrons. The van der Waals surface area contributed by atoms with Crippen LogP contribution in [0.5, 0.6) is 0 Å². The molecule has 9 heavy (non-hydrogen) atoms. The molecule has 1 heterocycles. The summed E-state index contributed by atoms with van der Waals surface area (Å²) in [6.07, 6.45) is 2.70. The molecule has 0 aliphatic carbocycles. The molecule has 1 amide bonds. The lowest BCUT2D eigenvalue weighted by molar-refractivity contribution is -0.114. The topological polar surface area (TPSA) is 56.2 Å². The van der Waals surface area contributed by atoms with Gasteiger partial charge in [-0.1, -0.05) is 0 Å². The third kappa shape index (κ3) is 1.60. The monoisotopic (exact) mass is 124 g/mol. The molecule has 2 N–H and O–H groups in total. The first kappa shape index (κ1) is 5.88. The van der Waals surface area contributed by atoms with E-state index in [0.29, 0.717) is 5.76 Å². The van der Waals surface area contributed by atoms with Gasteiger partial charge in [-0.3, -0.25) is 4.79 Å². The van der Waals surface area contributed by atoms with Crippen molar-refractivity contribution in [2.45, 2.75) is 0 Å². The summed E-state index contributed by atoms with van der Waals surface area (Å²) in [4.78, 5) is 10.2. The maximum absolute atomic E-state index is 10.2. The summed E-state index contributed by atoms with van der Waals surface area (Å²) in [7, 11) is 0. The molecular formula is C6H6NO2. The van der Waals surface area contributed by atoms with Crippen LogP contribution in [0.4, 0.5) is 0 Å². The lowest BCUT2D eigenvalue weighted by Gasteiger charge is -1.85. The van der Waals surface area contributed by atoms with Gasteiger partial charge in [0.25, 0.3) is 0 Å². The van der Waals surface area contributed by atoms with Crippen molar-refractivity contribution in [3.63, 3.8) is 0 Å². The molecule has 0 unspecified atom stereocenters. The molecule has 1 rings (SSSR count). The highest BCUT2D eigenvalue weighted by Crippen LogP contribution is 2.00. The van der Waals surface area contributed by atoms with Crippen LogP contribution in [0.25, 0.3) is 0 Å². The fourth-order valence-corrected chi connectivity index (χ4v) is 0.514. The van der Waals surface area contributed by atoms with E-state index in [0.717, 1.165) is 0 Å². The van der Waals surface area contributed by atoms with E-state index in [-0.39, 0.29) is 0 Å². The minimum atomic E-state index is -0.495. The minimum Gasteiger partial charge on any atom is -0.468 e. The highest BCUT2D eigenvalue weighted by Gasteiger charge is 1.99. The summed E-state index contributed by atoms with van der Waals surface area (Å²) in [5, 5.41) is 0. The summed E-state index contributed by atoms with van der Waals surface area (Å²) in [5.74, 6) is -0.00699. The van der Waals surface area contributed by atoms with Gasteiger partial charge in [0.05, 0.1) is 6.26 Å². The maximum atomic E-state index is 10.2. The fourth-order valence-electron chi connectivity index (χ4n) is 0.514. The first-order valence-corrected chi connectivity index (χ1v) is 2.47. The van der Waals surface area contributed by atoms with Crippen LogP contribution in [0.3, 0.4) is 0 Å². The van der Waals surface area contributed by atoms with Gasteiger partial charge < -0.3 is 10.2 Å². The molecule has 3 nitrogen and oxygen atoms in total. The number of carbonyl (C=O) groups excluding carboxylic acids is 1. The molecule has 47 valence electrons. The highest BCUT2D eigenvalue weighted by atomic mass is 16.3. The maximum Gasteiger partial charge on any atom is 0.229 e. The average Bonchev–Trinajstić information content (AvgIpc) is 2.15. The van der Waals surface area contributed by atoms with Crippen molar-refractivity contribution in [1.29, 1.82) is 0 Å². The van der Waals surface area contributed by atoms with Crippen LogP contribution in [-0.4, -0.2) is 5.91 Å². The molecule has 0 saturated heterocycles. The van der Waals surface area contributed by atoms with E-state index >= 15 is 0 Å². The number of furan rings is 1. The van der Waals surface area contributed by atoms with Gasteiger partial charge in [0.1, 0.15) is 12.2 Å². The highest BCUT2D eigenvalue weighted by molar-refractivity contribution is 5.85. The van der Waals surface area contributed by atoms with Gasteiger partial charge in [-0.25, -0.2) is 0 Å². The molecule has 0 spiro atoms. The van der Waals surface area contributed by atoms with Crippen molar-refractivity contribution in [2.24, 2.45) is 5.73 Å². The number of nitrogens with two attached hydrogens (primary N) is 1. The zero-order valence-electron chi connectivity index (χ0n) is 4.70. The molecule has 0 atom stereocenters. The van der Waals surface area contributed by atoms with Crippen molar-refractivity contribution in [3.05, 3.63) is 30.6 Å². The van der Waals surface area contributed by atoms with E-state index in [1.807, 2.05) is 0 Å². The third-order valence-corrected chi connectivity index (χ3v) is 0.828. The van der Waals surface area contributed by atoms with Gasteiger partial charge in [0.15, 0.2) is 0 Å². The Kier molecular flexibility index (Phi) is 1.53. The number of rotatable bonds is 2. The molecule has 0 saturated carbocycles. The van der Waals surface area contributed by atoms with E-state index in [1.165, 1.54) is 12.7 Å². The van der Waals surface area contributed by atoms with Gasteiger partial charge in [0, 0.05) is 0 Å². The number of hydrogen-bond donors (Lipinski definition) is 1. The average molecular weight is 124 g/mol. The Morgan fingerprint density at radius 2 is 2.56 bits per heavy atom. The SMILES string of the molecule is NC(=O)[CH]c1ccco1. The predicted octanol–water partition coefficient (Wildman–Crippen LogP) is 0.317. The Morgan fingerprint density at radius 3 is 3.00 bits per heavy atom. The molecule has 0 bridgehead atoms. The molecule has 1 aromatic heterocycles. The van der Waals surface area contributed by atoms with Crippen LogP contribution in [0.15, 0.2) is 22.8 Å². The molecule has 0 aliphatic heterocycles. The molecule has 0 aromatic carbocycles. The Balaban J connectivity index is 2.58. The summed E-state index contributed by atoms with van der Waals surface area (Å²) >= 11 is 0. The molecule has 3 heteroatoms. The van der Waals surface area contributed by atoms with Crippen molar-refractivity contribution in [3.8, 4) is 0 Å².